The molecule has 0 radical (unpaired) electrons. The Morgan fingerprint density at radius 2 is 1.93 bits per heavy atom. The van der Waals surface area contributed by atoms with E-state index in [1.54, 1.807) is 20.8 Å². The first kappa shape index (κ1) is 11.8. The van der Waals surface area contributed by atoms with Gasteiger partial charge in [-0.2, -0.15) is 0 Å². The molecular formula is C10H18N2O3. The Labute approximate surface area is 89.3 Å². The molecule has 0 aromatic carbocycles. The summed E-state index contributed by atoms with van der Waals surface area (Å²) >= 11 is 0. The molecule has 2 unspecified atom stereocenters. The molecule has 2 atom stereocenters. The molecule has 0 aromatic rings. The third-order valence-electron chi connectivity index (χ3n) is 2.34. The van der Waals surface area contributed by atoms with E-state index in [0.29, 0.717) is 0 Å². The van der Waals surface area contributed by atoms with E-state index in [2.05, 4.69) is 5.32 Å². The summed E-state index contributed by atoms with van der Waals surface area (Å²) < 4.78 is 5.07. The van der Waals surface area contributed by atoms with Crippen LogP contribution in [0.15, 0.2) is 0 Å². The highest BCUT2D eigenvalue weighted by atomic mass is 16.6. The van der Waals surface area contributed by atoms with Gasteiger partial charge in [-0.15, -0.1) is 0 Å². The van der Waals surface area contributed by atoms with Gasteiger partial charge in [-0.05, 0) is 33.6 Å². The second kappa shape index (κ2) is 4.08. The highest BCUT2D eigenvalue weighted by Crippen LogP contribution is 2.27. The fraction of sp³-hybridized carbons (Fsp3) is 0.800. The Bertz CT molecular complexity index is 270. The summed E-state index contributed by atoms with van der Waals surface area (Å²) in [6.45, 7) is 5.37. The van der Waals surface area contributed by atoms with Gasteiger partial charge in [-0.25, -0.2) is 4.79 Å². The van der Waals surface area contributed by atoms with Crippen LogP contribution in [0.25, 0.3) is 0 Å². The van der Waals surface area contributed by atoms with E-state index in [1.165, 1.54) is 0 Å². The summed E-state index contributed by atoms with van der Waals surface area (Å²) in [6.07, 6.45) is 1.04. The largest absolute Gasteiger partial charge is 0.444 e. The van der Waals surface area contributed by atoms with E-state index in [-0.39, 0.29) is 17.9 Å². The standard InChI is InChI=1S/C10H18N2O3/c1-10(2,3)15-9(14)12-7-5-4-6(7)8(11)13/h6-7H,4-5H2,1-3H3,(H2,11,13)(H,12,14). The van der Waals surface area contributed by atoms with Crippen LogP contribution >= 0.6 is 0 Å². The fourth-order valence-corrected chi connectivity index (χ4v) is 1.47. The third kappa shape index (κ3) is 3.42. The van der Waals surface area contributed by atoms with Gasteiger partial charge in [0.2, 0.25) is 5.91 Å². The van der Waals surface area contributed by atoms with Gasteiger partial charge < -0.3 is 15.8 Å². The number of primary amides is 1. The first-order chi connectivity index (χ1) is 6.79. The number of alkyl carbamates (subject to hydrolysis) is 1. The molecule has 5 nitrogen and oxygen atoms in total. The summed E-state index contributed by atoms with van der Waals surface area (Å²) in [5.74, 6) is -0.597. The summed E-state index contributed by atoms with van der Waals surface area (Å²) in [5, 5.41) is 2.64. The lowest BCUT2D eigenvalue weighted by atomic mass is 9.79. The number of hydrogen-bond donors (Lipinski definition) is 2. The van der Waals surface area contributed by atoms with Gasteiger partial charge in [0.1, 0.15) is 5.60 Å². The predicted molar refractivity (Wildman–Crippen MR) is 55.1 cm³/mol. The minimum Gasteiger partial charge on any atom is -0.444 e. The van der Waals surface area contributed by atoms with Crippen molar-refractivity contribution in [1.29, 1.82) is 0 Å². The highest BCUT2D eigenvalue weighted by Gasteiger charge is 2.36. The van der Waals surface area contributed by atoms with Crippen LogP contribution in [0.5, 0.6) is 0 Å². The van der Waals surface area contributed by atoms with Crippen molar-refractivity contribution in [1.82, 2.24) is 5.32 Å². The molecule has 1 aliphatic carbocycles. The topological polar surface area (TPSA) is 81.4 Å². The number of hydrogen-bond acceptors (Lipinski definition) is 3. The summed E-state index contributed by atoms with van der Waals surface area (Å²) in [5.41, 5.74) is 4.64. The van der Waals surface area contributed by atoms with E-state index in [0.717, 1.165) is 12.8 Å². The predicted octanol–water partition coefficient (Wildman–Crippen LogP) is 0.775. The smallest absolute Gasteiger partial charge is 0.407 e. The average Bonchev–Trinajstić information content (AvgIpc) is 1.93. The van der Waals surface area contributed by atoms with Crippen molar-refractivity contribution in [3.05, 3.63) is 0 Å². The van der Waals surface area contributed by atoms with Gasteiger partial charge in [0, 0.05) is 6.04 Å². The van der Waals surface area contributed by atoms with Gasteiger partial charge in [0.15, 0.2) is 0 Å². The van der Waals surface area contributed by atoms with Crippen molar-refractivity contribution < 1.29 is 14.3 Å². The maximum atomic E-state index is 11.3. The molecule has 0 aromatic heterocycles. The maximum Gasteiger partial charge on any atom is 0.407 e. The van der Waals surface area contributed by atoms with Crippen molar-refractivity contribution in [3.63, 3.8) is 0 Å². The van der Waals surface area contributed by atoms with Crippen molar-refractivity contribution in [2.45, 2.75) is 45.3 Å². The molecule has 0 aliphatic heterocycles. The zero-order valence-electron chi connectivity index (χ0n) is 9.37. The fourth-order valence-electron chi connectivity index (χ4n) is 1.47. The molecule has 3 N–H and O–H groups in total. The molecule has 1 fully saturated rings. The minimum absolute atomic E-state index is 0.155. The molecule has 0 heterocycles. The number of carbonyl (C=O) groups excluding carboxylic acids is 2. The van der Waals surface area contributed by atoms with Crippen LogP contribution in [-0.2, 0) is 9.53 Å². The normalized spacial score (nSPS) is 25.3. The first-order valence-electron chi connectivity index (χ1n) is 5.08. The number of nitrogens with one attached hydrogen (secondary N) is 1. The number of amides is 2. The minimum atomic E-state index is -0.518. The van der Waals surface area contributed by atoms with Crippen LogP contribution in [0.1, 0.15) is 33.6 Å². The Kier molecular flexibility index (Phi) is 3.21. The first-order valence-corrected chi connectivity index (χ1v) is 5.08. The van der Waals surface area contributed by atoms with E-state index in [9.17, 15) is 9.59 Å². The zero-order chi connectivity index (χ0) is 11.6. The van der Waals surface area contributed by atoms with Gasteiger partial charge in [0.05, 0.1) is 5.92 Å². The average molecular weight is 214 g/mol. The summed E-state index contributed by atoms with van der Waals surface area (Å²) in [7, 11) is 0. The Hall–Kier alpha value is -1.26. The highest BCUT2D eigenvalue weighted by molar-refractivity contribution is 5.79. The third-order valence-corrected chi connectivity index (χ3v) is 2.34. The van der Waals surface area contributed by atoms with E-state index in [1.807, 2.05) is 0 Å². The van der Waals surface area contributed by atoms with Gasteiger partial charge in [-0.3, -0.25) is 4.79 Å². The van der Waals surface area contributed by atoms with Crippen LogP contribution in [0.3, 0.4) is 0 Å². The van der Waals surface area contributed by atoms with Crippen LogP contribution in [-0.4, -0.2) is 23.6 Å². The number of ether oxygens (including phenoxy) is 1. The SMILES string of the molecule is CC(C)(C)OC(=O)NC1CCC1C(N)=O. The van der Waals surface area contributed by atoms with E-state index >= 15 is 0 Å². The lowest BCUT2D eigenvalue weighted by Gasteiger charge is -2.35. The molecule has 1 saturated carbocycles. The molecule has 15 heavy (non-hydrogen) atoms. The van der Waals surface area contributed by atoms with E-state index < -0.39 is 11.7 Å². The summed E-state index contributed by atoms with van der Waals surface area (Å²) in [6, 6.07) is -0.155. The molecule has 2 amide bonds. The molecule has 0 bridgehead atoms. The van der Waals surface area contributed by atoms with Crippen molar-refractivity contribution >= 4 is 12.0 Å². The van der Waals surface area contributed by atoms with Gasteiger partial charge in [0.25, 0.3) is 0 Å². The van der Waals surface area contributed by atoms with Crippen LogP contribution < -0.4 is 11.1 Å². The van der Waals surface area contributed by atoms with Crippen molar-refractivity contribution in [2.75, 3.05) is 0 Å². The van der Waals surface area contributed by atoms with Crippen LogP contribution in [0, 0.1) is 5.92 Å². The van der Waals surface area contributed by atoms with Crippen LogP contribution in [0.2, 0.25) is 0 Å². The summed E-state index contributed by atoms with van der Waals surface area (Å²) in [4.78, 5) is 22.2. The molecule has 1 rings (SSSR count). The molecule has 1 aliphatic rings. The number of nitrogens with two attached hydrogens (primary N) is 1. The Morgan fingerprint density at radius 1 is 1.33 bits per heavy atom. The Balaban J connectivity index is 2.36. The zero-order valence-corrected chi connectivity index (χ0v) is 9.37. The molecule has 0 saturated heterocycles. The molecule has 0 spiro atoms. The van der Waals surface area contributed by atoms with Crippen LogP contribution in [0.4, 0.5) is 4.79 Å². The number of rotatable bonds is 2. The monoisotopic (exact) mass is 214 g/mol. The second-order valence-corrected chi connectivity index (χ2v) is 4.84. The Morgan fingerprint density at radius 3 is 2.27 bits per heavy atom. The number of carbonyl (C=O) groups is 2. The molecule has 5 heteroatoms. The quantitative estimate of drug-likeness (QED) is 0.712. The van der Waals surface area contributed by atoms with Gasteiger partial charge in [-0.1, -0.05) is 0 Å². The van der Waals surface area contributed by atoms with Gasteiger partial charge >= 0.3 is 6.09 Å². The molecular weight excluding hydrogens is 196 g/mol. The van der Waals surface area contributed by atoms with Crippen molar-refractivity contribution in [2.24, 2.45) is 11.7 Å². The maximum absolute atomic E-state index is 11.3. The lowest BCUT2D eigenvalue weighted by molar-refractivity contribution is -0.125. The second-order valence-electron chi connectivity index (χ2n) is 4.84. The molecule has 86 valence electrons. The van der Waals surface area contributed by atoms with Crippen molar-refractivity contribution in [3.8, 4) is 0 Å². The van der Waals surface area contributed by atoms with E-state index in [4.69, 9.17) is 10.5 Å². The lowest BCUT2D eigenvalue weighted by Crippen LogP contribution is -2.52.